The number of fused-ring (bicyclic) bond motifs is 1. The van der Waals surface area contributed by atoms with Crippen LogP contribution in [0.5, 0.6) is 0 Å². The lowest BCUT2D eigenvalue weighted by atomic mass is 9.84. The Bertz CT molecular complexity index is 590. The summed E-state index contributed by atoms with van der Waals surface area (Å²) >= 11 is 6.06. The minimum Gasteiger partial charge on any atom is -0.373 e. The summed E-state index contributed by atoms with van der Waals surface area (Å²) in [5.74, 6) is 0.198. The van der Waals surface area contributed by atoms with Crippen LogP contribution < -0.4 is 0 Å². The van der Waals surface area contributed by atoms with Crippen molar-refractivity contribution in [2.45, 2.75) is 32.4 Å². The first-order valence-electron chi connectivity index (χ1n) is 8.22. The Labute approximate surface area is 143 Å². The van der Waals surface area contributed by atoms with E-state index in [0.717, 1.165) is 25.3 Å². The fourth-order valence-electron chi connectivity index (χ4n) is 3.68. The van der Waals surface area contributed by atoms with Gasteiger partial charge in [0.05, 0.1) is 18.8 Å². The molecule has 2 saturated heterocycles. The van der Waals surface area contributed by atoms with Crippen LogP contribution in [0.2, 0.25) is 5.02 Å². The lowest BCUT2D eigenvalue weighted by Gasteiger charge is -2.33. The van der Waals surface area contributed by atoms with E-state index >= 15 is 0 Å². The summed E-state index contributed by atoms with van der Waals surface area (Å²) in [5, 5.41) is 0.716. The largest absolute Gasteiger partial charge is 0.373 e. The van der Waals surface area contributed by atoms with Gasteiger partial charge in [0, 0.05) is 30.1 Å². The van der Waals surface area contributed by atoms with Gasteiger partial charge in [-0.3, -0.25) is 9.69 Å². The summed E-state index contributed by atoms with van der Waals surface area (Å²) in [4.78, 5) is 17.3. The second-order valence-electron chi connectivity index (χ2n) is 7.36. The number of hydrogen-bond acceptors (Lipinski definition) is 3. The number of hydrogen-bond donors (Lipinski definition) is 0. The standard InChI is InChI=1S/C18H25ClN2O2/c1-18(2,10-13-5-4-6-14(19)9-13)17(22)21-11-15-16(12-21)23-8-7-20(15)3/h4-6,9,15-16H,7-8,10-12H2,1-3H3/t15-,16+/m0/s1. The zero-order valence-corrected chi connectivity index (χ0v) is 14.8. The van der Waals surface area contributed by atoms with Gasteiger partial charge in [-0.2, -0.15) is 0 Å². The number of amides is 1. The molecule has 4 nitrogen and oxygen atoms in total. The summed E-state index contributed by atoms with van der Waals surface area (Å²) in [5.41, 5.74) is 0.650. The van der Waals surface area contributed by atoms with Gasteiger partial charge in [0.1, 0.15) is 0 Å². The maximum Gasteiger partial charge on any atom is 0.228 e. The number of likely N-dealkylation sites (N-methyl/N-ethyl adjacent to an activating group) is 1. The van der Waals surface area contributed by atoms with Crippen LogP contribution in [-0.2, 0) is 16.0 Å². The van der Waals surface area contributed by atoms with Crippen LogP contribution in [0.25, 0.3) is 0 Å². The summed E-state index contributed by atoms with van der Waals surface area (Å²) < 4.78 is 5.85. The van der Waals surface area contributed by atoms with Gasteiger partial charge in [-0.25, -0.2) is 0 Å². The zero-order valence-electron chi connectivity index (χ0n) is 14.1. The molecule has 0 bridgehead atoms. The van der Waals surface area contributed by atoms with E-state index in [9.17, 15) is 4.79 Å². The summed E-state index contributed by atoms with van der Waals surface area (Å²) in [6.07, 6.45) is 0.842. The minimum atomic E-state index is -0.448. The van der Waals surface area contributed by atoms with Gasteiger partial charge in [-0.1, -0.05) is 37.6 Å². The first-order chi connectivity index (χ1) is 10.9. The molecule has 0 N–H and O–H groups in total. The number of halogens is 1. The maximum absolute atomic E-state index is 13.0. The van der Waals surface area contributed by atoms with Crippen molar-refractivity contribution in [1.82, 2.24) is 9.80 Å². The molecule has 5 heteroatoms. The third kappa shape index (κ3) is 3.54. The molecule has 0 unspecified atom stereocenters. The molecule has 1 aromatic carbocycles. The second kappa shape index (κ2) is 6.42. The zero-order chi connectivity index (χ0) is 16.6. The van der Waals surface area contributed by atoms with Crippen molar-refractivity contribution >= 4 is 17.5 Å². The molecule has 2 aliphatic heterocycles. The van der Waals surface area contributed by atoms with E-state index in [1.54, 1.807) is 0 Å². The topological polar surface area (TPSA) is 32.8 Å². The monoisotopic (exact) mass is 336 g/mol. The van der Waals surface area contributed by atoms with Crippen LogP contribution in [0.4, 0.5) is 0 Å². The number of morpholine rings is 1. The molecule has 2 atom stereocenters. The molecule has 1 aromatic rings. The van der Waals surface area contributed by atoms with Crippen molar-refractivity contribution in [2.24, 2.45) is 5.41 Å². The van der Waals surface area contributed by atoms with Crippen molar-refractivity contribution in [2.75, 3.05) is 33.3 Å². The Morgan fingerprint density at radius 1 is 1.39 bits per heavy atom. The van der Waals surface area contributed by atoms with Gasteiger partial charge in [0.15, 0.2) is 0 Å². The molecule has 0 spiro atoms. The highest BCUT2D eigenvalue weighted by atomic mass is 35.5. The van der Waals surface area contributed by atoms with Gasteiger partial charge >= 0.3 is 0 Å². The first kappa shape index (κ1) is 16.7. The van der Waals surface area contributed by atoms with Crippen LogP contribution >= 0.6 is 11.6 Å². The Morgan fingerprint density at radius 3 is 2.87 bits per heavy atom. The first-order valence-corrected chi connectivity index (χ1v) is 8.60. The molecular weight excluding hydrogens is 312 g/mol. The summed E-state index contributed by atoms with van der Waals surface area (Å²) in [6.45, 7) is 7.19. The minimum absolute atomic E-state index is 0.152. The quantitative estimate of drug-likeness (QED) is 0.850. The molecule has 3 rings (SSSR count). The Hall–Kier alpha value is -1.10. The van der Waals surface area contributed by atoms with Gasteiger partial charge < -0.3 is 9.64 Å². The van der Waals surface area contributed by atoms with Crippen molar-refractivity contribution < 1.29 is 9.53 Å². The fourth-order valence-corrected chi connectivity index (χ4v) is 3.90. The molecule has 0 saturated carbocycles. The van der Waals surface area contributed by atoms with E-state index in [4.69, 9.17) is 16.3 Å². The van der Waals surface area contributed by atoms with Gasteiger partial charge in [0.25, 0.3) is 0 Å². The van der Waals surface area contributed by atoms with E-state index in [0.29, 0.717) is 24.0 Å². The van der Waals surface area contributed by atoms with Crippen LogP contribution in [-0.4, -0.2) is 61.1 Å². The molecular formula is C18H25ClN2O2. The molecule has 0 aromatic heterocycles. The van der Waals surface area contributed by atoms with Crippen LogP contribution in [0.1, 0.15) is 19.4 Å². The third-order valence-corrected chi connectivity index (χ3v) is 5.22. The van der Waals surface area contributed by atoms with Crippen molar-refractivity contribution in [1.29, 1.82) is 0 Å². The average Bonchev–Trinajstić information content (AvgIpc) is 2.91. The molecule has 2 aliphatic rings. The predicted octanol–water partition coefficient (Wildman–Crippen LogP) is 2.45. The molecule has 2 fully saturated rings. The number of rotatable bonds is 3. The molecule has 126 valence electrons. The highest BCUT2D eigenvalue weighted by Gasteiger charge is 2.43. The number of benzene rings is 1. The van der Waals surface area contributed by atoms with Gasteiger partial charge in [-0.15, -0.1) is 0 Å². The van der Waals surface area contributed by atoms with Crippen LogP contribution in [0.3, 0.4) is 0 Å². The number of carbonyl (C=O) groups excluding carboxylic acids is 1. The number of likely N-dealkylation sites (tertiary alicyclic amines) is 1. The number of carbonyl (C=O) groups is 1. The molecule has 0 aliphatic carbocycles. The van der Waals surface area contributed by atoms with Gasteiger partial charge in [-0.05, 0) is 31.2 Å². The fraction of sp³-hybridized carbons (Fsp3) is 0.611. The number of ether oxygens (including phenoxy) is 1. The summed E-state index contributed by atoms with van der Waals surface area (Å²) in [7, 11) is 2.12. The van der Waals surface area contributed by atoms with E-state index in [1.165, 1.54) is 0 Å². The lowest BCUT2D eigenvalue weighted by Crippen LogP contribution is -2.48. The van der Waals surface area contributed by atoms with E-state index in [-0.39, 0.29) is 12.0 Å². The van der Waals surface area contributed by atoms with Gasteiger partial charge in [0.2, 0.25) is 5.91 Å². The van der Waals surface area contributed by atoms with Crippen molar-refractivity contribution in [3.63, 3.8) is 0 Å². The second-order valence-corrected chi connectivity index (χ2v) is 7.79. The molecule has 0 radical (unpaired) electrons. The highest BCUT2D eigenvalue weighted by Crippen LogP contribution is 2.30. The number of nitrogens with zero attached hydrogens (tertiary/aromatic N) is 2. The predicted molar refractivity (Wildman–Crippen MR) is 91.7 cm³/mol. The van der Waals surface area contributed by atoms with E-state index < -0.39 is 5.41 Å². The molecule has 1 amide bonds. The molecule has 23 heavy (non-hydrogen) atoms. The Balaban J connectivity index is 1.69. The van der Waals surface area contributed by atoms with Crippen LogP contribution in [0, 0.1) is 5.41 Å². The van der Waals surface area contributed by atoms with E-state index in [2.05, 4.69) is 11.9 Å². The highest BCUT2D eigenvalue weighted by molar-refractivity contribution is 6.30. The van der Waals surface area contributed by atoms with Crippen molar-refractivity contribution in [3.8, 4) is 0 Å². The van der Waals surface area contributed by atoms with Crippen LogP contribution in [0.15, 0.2) is 24.3 Å². The average molecular weight is 337 g/mol. The molecule has 2 heterocycles. The normalized spacial score (nSPS) is 25.5. The SMILES string of the molecule is CN1CCO[C@@H]2CN(C(=O)C(C)(C)Cc3cccc(Cl)c3)C[C@@H]21. The Kier molecular flexibility index (Phi) is 4.68. The lowest BCUT2D eigenvalue weighted by molar-refractivity contribution is -0.139. The Morgan fingerprint density at radius 2 is 2.17 bits per heavy atom. The third-order valence-electron chi connectivity index (χ3n) is 4.98. The maximum atomic E-state index is 13.0. The van der Waals surface area contributed by atoms with E-state index in [1.807, 2.05) is 43.0 Å². The summed E-state index contributed by atoms with van der Waals surface area (Å²) in [6, 6.07) is 8.09. The smallest absolute Gasteiger partial charge is 0.228 e. The van der Waals surface area contributed by atoms with Crippen molar-refractivity contribution in [3.05, 3.63) is 34.9 Å².